The van der Waals surface area contributed by atoms with Gasteiger partial charge in [0.15, 0.2) is 0 Å². The van der Waals surface area contributed by atoms with E-state index in [1.165, 1.54) is 0 Å². The van der Waals surface area contributed by atoms with Crippen molar-refractivity contribution >= 4 is 0 Å². The van der Waals surface area contributed by atoms with E-state index in [4.69, 9.17) is 5.73 Å². The quantitative estimate of drug-likeness (QED) is 0.588. The van der Waals surface area contributed by atoms with Crippen molar-refractivity contribution in [2.24, 2.45) is 5.73 Å². The third kappa shape index (κ3) is 7.92. The molecule has 2 nitrogen and oxygen atoms in total. The van der Waals surface area contributed by atoms with Crippen LogP contribution in [0.15, 0.2) is 0 Å². The van der Waals surface area contributed by atoms with Crippen LogP contribution in [-0.2, 0) is 0 Å². The van der Waals surface area contributed by atoms with Crippen LogP contribution in [0, 0.1) is 0 Å². The van der Waals surface area contributed by atoms with E-state index in [0.717, 1.165) is 13.0 Å². The molecule has 0 aromatic rings. The Morgan fingerprint density at radius 3 is 2.22 bits per heavy atom. The van der Waals surface area contributed by atoms with E-state index >= 15 is 0 Å². The lowest BCUT2D eigenvalue weighted by atomic mass is 10.2. The van der Waals surface area contributed by atoms with Crippen molar-refractivity contribution in [3.63, 3.8) is 0 Å². The normalized spacial score (nSPS) is 14.3. The van der Waals surface area contributed by atoms with Gasteiger partial charge in [0, 0.05) is 12.1 Å². The Balaban J connectivity index is 2.91. The highest BCUT2D eigenvalue weighted by Crippen LogP contribution is 1.84. The van der Waals surface area contributed by atoms with Gasteiger partial charge in [-0.25, -0.2) is 0 Å². The summed E-state index contributed by atoms with van der Waals surface area (Å²) < 4.78 is 0. The predicted octanol–water partition coefficient (Wildman–Crippen LogP) is 0.722. The molecule has 0 heterocycles. The van der Waals surface area contributed by atoms with E-state index in [9.17, 15) is 0 Å². The minimum absolute atomic E-state index is 0.330. The van der Waals surface area contributed by atoms with Crippen LogP contribution in [0.3, 0.4) is 0 Å². The van der Waals surface area contributed by atoms with Gasteiger partial charge in [-0.1, -0.05) is 13.8 Å². The predicted molar refractivity (Wildman–Crippen MR) is 41.4 cm³/mol. The molecule has 0 rings (SSSR count). The largest absolute Gasteiger partial charge is 0.328 e. The van der Waals surface area contributed by atoms with Crippen LogP contribution < -0.4 is 11.1 Å². The van der Waals surface area contributed by atoms with Crippen molar-refractivity contribution in [3.05, 3.63) is 0 Å². The molecule has 2 heteroatoms. The number of rotatable bonds is 4. The Kier molecular flexibility index (Phi) is 4.72. The van der Waals surface area contributed by atoms with E-state index in [1.807, 2.05) is 6.92 Å². The molecule has 0 aliphatic carbocycles. The highest BCUT2D eigenvalue weighted by molar-refractivity contribution is 4.58. The molecule has 0 aliphatic heterocycles. The van der Waals surface area contributed by atoms with Crippen LogP contribution in [0.5, 0.6) is 0 Å². The Labute approximate surface area is 57.8 Å². The van der Waals surface area contributed by atoms with Gasteiger partial charge >= 0.3 is 0 Å². The van der Waals surface area contributed by atoms with E-state index in [0.29, 0.717) is 12.1 Å². The summed E-state index contributed by atoms with van der Waals surface area (Å²) >= 11 is 0. The van der Waals surface area contributed by atoms with Crippen molar-refractivity contribution in [3.8, 4) is 0 Å². The molecule has 56 valence electrons. The third-order valence-electron chi connectivity index (χ3n) is 1.15. The van der Waals surface area contributed by atoms with Crippen LogP contribution >= 0.6 is 0 Å². The van der Waals surface area contributed by atoms with E-state index in [-0.39, 0.29) is 0 Å². The Hall–Kier alpha value is -0.0800. The van der Waals surface area contributed by atoms with E-state index in [2.05, 4.69) is 19.2 Å². The Morgan fingerprint density at radius 2 is 1.89 bits per heavy atom. The van der Waals surface area contributed by atoms with Crippen molar-refractivity contribution in [2.45, 2.75) is 39.3 Å². The molecule has 0 radical (unpaired) electrons. The Morgan fingerprint density at radius 1 is 1.33 bits per heavy atom. The standard InChI is InChI=1S/C7H18N2/c1-6(2)9-5-4-7(3)8/h6-7,9H,4-5,8H2,1-3H3/t7-/m1/s1. The van der Waals surface area contributed by atoms with Crippen LogP contribution in [0.25, 0.3) is 0 Å². The highest BCUT2D eigenvalue weighted by atomic mass is 14.9. The molecule has 0 aromatic heterocycles. The summed E-state index contributed by atoms with van der Waals surface area (Å²) in [5.74, 6) is 0. The molecule has 0 aliphatic rings. The maximum absolute atomic E-state index is 5.54. The first-order chi connectivity index (χ1) is 4.13. The lowest BCUT2D eigenvalue weighted by molar-refractivity contribution is 0.539. The fraction of sp³-hybridized carbons (Fsp3) is 1.00. The van der Waals surface area contributed by atoms with Crippen molar-refractivity contribution in [1.29, 1.82) is 0 Å². The van der Waals surface area contributed by atoms with Gasteiger partial charge in [0.25, 0.3) is 0 Å². The maximum atomic E-state index is 5.54. The SMILES string of the molecule is CC(C)NCC[C@@H](C)N. The second kappa shape index (κ2) is 4.77. The highest BCUT2D eigenvalue weighted by Gasteiger charge is 1.94. The molecule has 0 saturated carbocycles. The summed E-state index contributed by atoms with van der Waals surface area (Å²) in [6, 6.07) is 0.917. The monoisotopic (exact) mass is 130 g/mol. The molecule has 0 amide bonds. The lowest BCUT2D eigenvalue weighted by Crippen LogP contribution is -2.28. The second-order valence-corrected chi connectivity index (χ2v) is 2.87. The fourth-order valence-corrected chi connectivity index (χ4v) is 0.600. The molecule has 0 unspecified atom stereocenters. The smallest absolute Gasteiger partial charge is 0.00225 e. The summed E-state index contributed by atoms with van der Waals surface area (Å²) in [5.41, 5.74) is 5.54. The zero-order valence-corrected chi connectivity index (χ0v) is 6.65. The topological polar surface area (TPSA) is 38.0 Å². The van der Waals surface area contributed by atoms with Gasteiger partial charge in [0.05, 0.1) is 0 Å². The maximum Gasteiger partial charge on any atom is 0.00225 e. The minimum atomic E-state index is 0.330. The molecule has 0 fully saturated rings. The molecular formula is C7H18N2. The van der Waals surface area contributed by atoms with Gasteiger partial charge in [-0.3, -0.25) is 0 Å². The molecule has 9 heavy (non-hydrogen) atoms. The first-order valence-corrected chi connectivity index (χ1v) is 3.62. The van der Waals surface area contributed by atoms with Gasteiger partial charge in [0.1, 0.15) is 0 Å². The van der Waals surface area contributed by atoms with Crippen molar-refractivity contribution in [1.82, 2.24) is 5.32 Å². The number of nitrogens with two attached hydrogens (primary N) is 1. The summed E-state index contributed by atoms with van der Waals surface area (Å²) in [6.07, 6.45) is 1.07. The summed E-state index contributed by atoms with van der Waals surface area (Å²) in [7, 11) is 0. The molecule has 0 aromatic carbocycles. The fourth-order valence-electron chi connectivity index (χ4n) is 0.600. The summed E-state index contributed by atoms with van der Waals surface area (Å²) in [6.45, 7) is 7.35. The van der Waals surface area contributed by atoms with Crippen molar-refractivity contribution < 1.29 is 0 Å². The van der Waals surface area contributed by atoms with Gasteiger partial charge in [-0.15, -0.1) is 0 Å². The molecule has 3 N–H and O–H groups in total. The number of hydrogen-bond acceptors (Lipinski definition) is 2. The Bertz CT molecular complexity index is 51.9. The van der Waals surface area contributed by atoms with Gasteiger partial charge < -0.3 is 11.1 Å². The molecular weight excluding hydrogens is 112 g/mol. The number of nitrogens with one attached hydrogen (secondary N) is 1. The van der Waals surface area contributed by atoms with E-state index in [1.54, 1.807) is 0 Å². The first-order valence-electron chi connectivity index (χ1n) is 3.62. The zero-order chi connectivity index (χ0) is 7.28. The van der Waals surface area contributed by atoms with Crippen LogP contribution in [0.2, 0.25) is 0 Å². The summed E-state index contributed by atoms with van der Waals surface area (Å²) in [5, 5.41) is 3.30. The van der Waals surface area contributed by atoms with Gasteiger partial charge in [0.2, 0.25) is 0 Å². The van der Waals surface area contributed by atoms with Crippen LogP contribution in [0.1, 0.15) is 27.2 Å². The molecule has 1 atom stereocenters. The average Bonchev–Trinajstić information content (AvgIpc) is 1.63. The zero-order valence-electron chi connectivity index (χ0n) is 6.65. The second-order valence-electron chi connectivity index (χ2n) is 2.87. The minimum Gasteiger partial charge on any atom is -0.328 e. The number of hydrogen-bond donors (Lipinski definition) is 2. The lowest BCUT2D eigenvalue weighted by Gasteiger charge is -2.08. The van der Waals surface area contributed by atoms with Crippen LogP contribution in [0.4, 0.5) is 0 Å². The first kappa shape index (κ1) is 8.92. The summed E-state index contributed by atoms with van der Waals surface area (Å²) in [4.78, 5) is 0. The molecule has 0 spiro atoms. The average molecular weight is 130 g/mol. The van der Waals surface area contributed by atoms with Gasteiger partial charge in [-0.2, -0.15) is 0 Å². The van der Waals surface area contributed by atoms with E-state index < -0.39 is 0 Å². The molecule has 0 bridgehead atoms. The van der Waals surface area contributed by atoms with Crippen LogP contribution in [-0.4, -0.2) is 18.6 Å². The van der Waals surface area contributed by atoms with Gasteiger partial charge in [-0.05, 0) is 19.9 Å². The molecule has 0 saturated heterocycles. The van der Waals surface area contributed by atoms with Crippen molar-refractivity contribution in [2.75, 3.05) is 6.54 Å². The third-order valence-corrected chi connectivity index (χ3v) is 1.15.